The second kappa shape index (κ2) is 8.65. The number of carbonyl (C=O) groups excluding carboxylic acids is 1. The molecule has 1 saturated heterocycles. The van der Waals surface area contributed by atoms with Crippen LogP contribution in [-0.2, 0) is 17.8 Å². The van der Waals surface area contributed by atoms with Gasteiger partial charge in [0.25, 0.3) is 0 Å². The molecule has 1 amide bonds. The van der Waals surface area contributed by atoms with Gasteiger partial charge in [0.15, 0.2) is 11.2 Å². The molecule has 4 fully saturated rings. The predicted molar refractivity (Wildman–Crippen MR) is 136 cm³/mol. The molecule has 198 valence electrons. The summed E-state index contributed by atoms with van der Waals surface area (Å²) in [5.74, 6) is -0.517. The van der Waals surface area contributed by atoms with Gasteiger partial charge in [0.1, 0.15) is 22.6 Å². The van der Waals surface area contributed by atoms with E-state index in [1.54, 1.807) is 4.57 Å². The first-order valence-corrected chi connectivity index (χ1v) is 13.6. The highest BCUT2D eigenvalue weighted by Crippen LogP contribution is 2.65. The molecule has 8 nitrogen and oxygen atoms in total. The van der Waals surface area contributed by atoms with E-state index in [0.717, 1.165) is 18.0 Å². The summed E-state index contributed by atoms with van der Waals surface area (Å²) in [5, 5.41) is 6.17. The minimum absolute atomic E-state index is 0.0701. The van der Waals surface area contributed by atoms with Crippen LogP contribution >= 0.6 is 11.3 Å². The Hall–Kier alpha value is -2.73. The fraction of sp³-hybridized carbons (Fsp3) is 0.600. The molecule has 0 unspecified atom stereocenters. The number of alkyl halides is 3. The molecule has 0 aromatic carbocycles. The Bertz CT molecular complexity index is 1450. The van der Waals surface area contributed by atoms with Gasteiger partial charge in [0, 0.05) is 42.8 Å². The van der Waals surface area contributed by atoms with Crippen molar-refractivity contribution in [3.63, 3.8) is 0 Å². The number of aryl methyl sites for hydroxylation is 1. The Labute approximate surface area is 215 Å². The Balaban J connectivity index is 1.41. The van der Waals surface area contributed by atoms with Crippen LogP contribution in [0.4, 0.5) is 18.9 Å². The van der Waals surface area contributed by atoms with Crippen molar-refractivity contribution in [1.29, 1.82) is 0 Å². The van der Waals surface area contributed by atoms with Crippen molar-refractivity contribution in [1.82, 2.24) is 25.2 Å². The molecule has 3 aromatic heterocycles. The zero-order chi connectivity index (χ0) is 26.1. The van der Waals surface area contributed by atoms with Crippen molar-refractivity contribution in [2.75, 3.05) is 31.1 Å². The largest absolute Gasteiger partial charge is 0.394 e. The maximum atomic E-state index is 13.8. The van der Waals surface area contributed by atoms with Gasteiger partial charge in [-0.15, -0.1) is 11.3 Å². The highest BCUT2D eigenvalue weighted by atomic mass is 32.1. The quantitative estimate of drug-likeness (QED) is 0.523. The number of carbonyl (C=O) groups is 1. The number of aromatic nitrogens is 3. The van der Waals surface area contributed by atoms with Crippen molar-refractivity contribution in [3.05, 3.63) is 26.9 Å². The van der Waals surface area contributed by atoms with Crippen LogP contribution in [0.1, 0.15) is 36.8 Å². The number of anilines is 1. The van der Waals surface area contributed by atoms with E-state index in [1.807, 2.05) is 24.8 Å². The van der Waals surface area contributed by atoms with Gasteiger partial charge >= 0.3 is 6.18 Å². The normalized spacial score (nSPS) is 25.6. The van der Waals surface area contributed by atoms with Crippen LogP contribution in [-0.4, -0.2) is 58.8 Å². The van der Waals surface area contributed by atoms with E-state index in [0.29, 0.717) is 46.9 Å². The Morgan fingerprint density at radius 2 is 1.97 bits per heavy atom. The third-order valence-electron chi connectivity index (χ3n) is 8.26. The van der Waals surface area contributed by atoms with E-state index in [4.69, 9.17) is 4.98 Å². The van der Waals surface area contributed by atoms with Gasteiger partial charge in [-0.1, -0.05) is 6.92 Å². The number of thiophene rings is 1. The summed E-state index contributed by atoms with van der Waals surface area (Å²) in [7, 11) is 0. The lowest BCUT2D eigenvalue weighted by molar-refractivity contribution is -0.244. The highest BCUT2D eigenvalue weighted by Gasteiger charge is 2.68. The SMILES string of the molecule is CCc1c(N2CCNCC2)c(=O)c2nc3cc(C)sc3nc2n1CC(=O)N[C@@H]1CC2(C(F)(F)F)CC1C2. The van der Waals surface area contributed by atoms with Crippen LogP contribution in [0, 0.1) is 18.3 Å². The average Bonchev–Trinajstić information content (AvgIpc) is 3.49. The lowest BCUT2D eigenvalue weighted by Gasteiger charge is -2.39. The topological polar surface area (TPSA) is 92.2 Å². The number of hydrogen-bond donors (Lipinski definition) is 2. The van der Waals surface area contributed by atoms with E-state index >= 15 is 0 Å². The lowest BCUT2D eigenvalue weighted by Crippen LogP contribution is -2.46. The predicted octanol–water partition coefficient (Wildman–Crippen LogP) is 3.13. The molecule has 4 heterocycles. The maximum absolute atomic E-state index is 13.8. The molecule has 1 atom stereocenters. The van der Waals surface area contributed by atoms with Crippen LogP contribution in [0.15, 0.2) is 10.9 Å². The maximum Gasteiger partial charge on any atom is 0.394 e. The summed E-state index contributed by atoms with van der Waals surface area (Å²) < 4.78 is 42.4. The number of fused-ring (bicyclic) bond motifs is 3. The molecule has 3 saturated carbocycles. The summed E-state index contributed by atoms with van der Waals surface area (Å²) in [6, 6.07) is 1.40. The molecule has 0 radical (unpaired) electrons. The first kappa shape index (κ1) is 24.6. The monoisotopic (exact) mass is 534 g/mol. The van der Waals surface area contributed by atoms with E-state index in [2.05, 4.69) is 15.6 Å². The Morgan fingerprint density at radius 3 is 2.62 bits per heavy atom. The van der Waals surface area contributed by atoms with Crippen LogP contribution < -0.4 is 21.0 Å². The number of nitrogens with zero attached hydrogens (tertiary/aromatic N) is 4. The average molecular weight is 535 g/mol. The molecule has 3 aromatic rings. The van der Waals surface area contributed by atoms with Crippen LogP contribution in [0.5, 0.6) is 0 Å². The fourth-order valence-electron chi connectivity index (χ4n) is 6.45. The molecular formula is C25H29F3N6O2S. The van der Waals surface area contributed by atoms with Gasteiger partial charge in [-0.05, 0) is 44.6 Å². The zero-order valence-electron chi connectivity index (χ0n) is 20.7. The second-order valence-electron chi connectivity index (χ2n) is 10.6. The molecule has 4 aliphatic rings. The van der Waals surface area contributed by atoms with Crippen LogP contribution in [0.3, 0.4) is 0 Å². The number of nitrogens with one attached hydrogen (secondary N) is 2. The smallest absolute Gasteiger partial charge is 0.364 e. The molecule has 2 bridgehead atoms. The zero-order valence-corrected chi connectivity index (χ0v) is 21.6. The summed E-state index contributed by atoms with van der Waals surface area (Å²) in [6.07, 6.45) is -3.66. The molecule has 1 aliphatic heterocycles. The van der Waals surface area contributed by atoms with E-state index < -0.39 is 17.6 Å². The molecule has 12 heteroatoms. The summed E-state index contributed by atoms with van der Waals surface area (Å²) in [6.45, 7) is 6.51. The number of halogens is 3. The van der Waals surface area contributed by atoms with Gasteiger partial charge in [-0.25, -0.2) is 9.97 Å². The van der Waals surface area contributed by atoms with E-state index in [-0.39, 0.29) is 48.6 Å². The van der Waals surface area contributed by atoms with Crippen molar-refractivity contribution >= 4 is 44.4 Å². The summed E-state index contributed by atoms with van der Waals surface area (Å²) >= 11 is 1.47. The molecule has 7 rings (SSSR count). The van der Waals surface area contributed by atoms with Gasteiger partial charge in [0.2, 0.25) is 11.3 Å². The van der Waals surface area contributed by atoms with Gasteiger partial charge in [0.05, 0.1) is 5.41 Å². The number of rotatable bonds is 5. The number of hydrogen-bond acceptors (Lipinski definition) is 7. The standard InChI is InChI=1S/C25H29F3N6O2S/c1-3-17-20(33-6-4-29-5-7-33)21(36)19-22(32-23-15(31-19)8-13(2)37-23)34(17)12-18(35)30-16-11-24(25(26,27)28)9-14(16)10-24/h8,14,16,29H,3-7,9-12H2,1-2H3,(H,30,35)/t14?,16-,24?/m1/s1. The number of pyridine rings is 1. The second-order valence-corrected chi connectivity index (χ2v) is 11.8. The molecule has 37 heavy (non-hydrogen) atoms. The van der Waals surface area contributed by atoms with Gasteiger partial charge < -0.3 is 20.1 Å². The van der Waals surface area contributed by atoms with Crippen LogP contribution in [0.25, 0.3) is 21.5 Å². The van der Waals surface area contributed by atoms with E-state index in [1.165, 1.54) is 11.3 Å². The number of piperazine rings is 1. The summed E-state index contributed by atoms with van der Waals surface area (Å²) in [5.41, 5.74) is 0.561. The third-order valence-corrected chi connectivity index (χ3v) is 9.19. The summed E-state index contributed by atoms with van der Waals surface area (Å²) in [4.78, 5) is 40.2. The molecular weight excluding hydrogens is 505 g/mol. The Kier molecular flexibility index (Phi) is 5.75. The minimum Gasteiger partial charge on any atom is -0.364 e. The van der Waals surface area contributed by atoms with E-state index in [9.17, 15) is 22.8 Å². The fourth-order valence-corrected chi connectivity index (χ4v) is 7.26. The van der Waals surface area contributed by atoms with Crippen molar-refractivity contribution in [2.24, 2.45) is 11.3 Å². The van der Waals surface area contributed by atoms with Gasteiger partial charge in [-0.2, -0.15) is 13.2 Å². The van der Waals surface area contributed by atoms with Gasteiger partial charge in [-0.3, -0.25) is 9.59 Å². The first-order valence-electron chi connectivity index (χ1n) is 12.8. The molecule has 2 N–H and O–H groups in total. The minimum atomic E-state index is -4.24. The van der Waals surface area contributed by atoms with Crippen molar-refractivity contribution in [3.8, 4) is 0 Å². The molecule has 3 aliphatic carbocycles. The van der Waals surface area contributed by atoms with Crippen molar-refractivity contribution < 1.29 is 18.0 Å². The Morgan fingerprint density at radius 1 is 1.24 bits per heavy atom. The first-order chi connectivity index (χ1) is 17.6. The highest BCUT2D eigenvalue weighted by molar-refractivity contribution is 7.18. The molecule has 0 spiro atoms. The van der Waals surface area contributed by atoms with Crippen LogP contribution in [0.2, 0.25) is 0 Å². The van der Waals surface area contributed by atoms with Crippen molar-refractivity contribution in [2.45, 2.75) is 58.3 Å². The third kappa shape index (κ3) is 3.91. The number of amides is 1. The lowest BCUT2D eigenvalue weighted by atomic mass is 9.69.